The van der Waals surface area contributed by atoms with Gasteiger partial charge in [-0.05, 0) is 54.6 Å². The number of rotatable bonds is 40. The molecule has 61 heavy (non-hydrogen) atoms. The minimum atomic E-state index is -0.415. The number of carbonyl (C=O) groups excluding carboxylic acids is 1. The molecule has 16 heteroatoms. The third kappa shape index (κ3) is 24.0. The highest BCUT2D eigenvalue weighted by Gasteiger charge is 2.29. The first-order chi connectivity index (χ1) is 30.3. The van der Waals surface area contributed by atoms with Crippen LogP contribution in [-0.2, 0) is 61.6 Å². The van der Waals surface area contributed by atoms with Crippen molar-refractivity contribution in [3.05, 3.63) is 59.7 Å². The van der Waals surface area contributed by atoms with Crippen LogP contribution in [0, 0.1) is 0 Å². The van der Waals surface area contributed by atoms with Gasteiger partial charge < -0.3 is 72.2 Å². The van der Waals surface area contributed by atoms with Crippen LogP contribution in [0.3, 0.4) is 0 Å². The van der Waals surface area contributed by atoms with Gasteiger partial charge in [-0.15, -0.1) is 0 Å². The zero-order valence-electron chi connectivity index (χ0n) is 36.2. The molecule has 2 aromatic rings. The lowest BCUT2D eigenvalue weighted by Crippen LogP contribution is -2.33. The van der Waals surface area contributed by atoms with Crippen molar-refractivity contribution in [3.63, 3.8) is 0 Å². The summed E-state index contributed by atoms with van der Waals surface area (Å²) < 4.78 is 72.2. The Morgan fingerprint density at radius 1 is 0.475 bits per heavy atom. The molecule has 0 unspecified atom stereocenters. The molecular formula is C45H72N2O14. The second-order valence-electron chi connectivity index (χ2n) is 14.2. The van der Waals surface area contributed by atoms with Crippen LogP contribution in [0.4, 0.5) is 4.79 Å². The molecule has 2 aliphatic rings. The van der Waals surface area contributed by atoms with Crippen molar-refractivity contribution in [2.24, 2.45) is 0 Å². The number of hydrogen-bond acceptors (Lipinski definition) is 15. The third-order valence-corrected chi connectivity index (χ3v) is 9.67. The van der Waals surface area contributed by atoms with Gasteiger partial charge in [-0.3, -0.25) is 0 Å². The molecule has 0 saturated carbocycles. The summed E-state index contributed by atoms with van der Waals surface area (Å²) >= 11 is 0. The maximum atomic E-state index is 12.3. The predicted octanol–water partition coefficient (Wildman–Crippen LogP) is 3.87. The van der Waals surface area contributed by atoms with Crippen molar-refractivity contribution in [2.75, 3.05) is 178 Å². The van der Waals surface area contributed by atoms with Crippen LogP contribution >= 0.6 is 0 Å². The van der Waals surface area contributed by atoms with Gasteiger partial charge in [-0.25, -0.2) is 4.79 Å². The van der Waals surface area contributed by atoms with Crippen LogP contribution < -0.4 is 10.6 Å². The topological polar surface area (TPSA) is 161 Å². The van der Waals surface area contributed by atoms with E-state index in [-0.39, 0.29) is 5.92 Å². The highest BCUT2D eigenvalue weighted by Crippen LogP contribution is 2.44. The molecule has 2 N–H and O–H groups in total. The van der Waals surface area contributed by atoms with Crippen molar-refractivity contribution in [2.45, 2.75) is 31.3 Å². The summed E-state index contributed by atoms with van der Waals surface area (Å²) in [7, 11) is 0. The van der Waals surface area contributed by atoms with Gasteiger partial charge in [0, 0.05) is 19.1 Å². The minimum Gasteiger partial charge on any atom is -0.449 e. The van der Waals surface area contributed by atoms with Gasteiger partial charge in [0.15, 0.2) is 0 Å². The summed E-state index contributed by atoms with van der Waals surface area (Å²) in [6, 6.07) is 16.6. The van der Waals surface area contributed by atoms with E-state index < -0.39 is 6.09 Å². The SMILES string of the molecule is O=C(NCCCOCCOCCOCCOCCOCCOCCOCCOCCOCCOCCOCCOC1CCNCC1)OCC1c2ccccc2-c2ccccc21. The predicted molar refractivity (Wildman–Crippen MR) is 229 cm³/mol. The molecule has 1 amide bonds. The number of benzene rings is 2. The van der Waals surface area contributed by atoms with E-state index in [0.29, 0.717) is 178 Å². The average Bonchev–Trinajstić information content (AvgIpc) is 3.61. The molecule has 1 aliphatic heterocycles. The molecule has 2 aromatic carbocycles. The van der Waals surface area contributed by atoms with E-state index in [4.69, 9.17) is 61.6 Å². The first-order valence-electron chi connectivity index (χ1n) is 22.1. The van der Waals surface area contributed by atoms with Crippen molar-refractivity contribution >= 4 is 6.09 Å². The van der Waals surface area contributed by atoms with E-state index in [2.05, 4.69) is 34.9 Å². The fourth-order valence-corrected chi connectivity index (χ4v) is 6.55. The van der Waals surface area contributed by atoms with E-state index in [1.807, 2.05) is 24.3 Å². The number of amides is 1. The minimum absolute atomic E-state index is 0.0482. The molecular weight excluding hydrogens is 792 g/mol. The van der Waals surface area contributed by atoms with Crippen LogP contribution in [0.25, 0.3) is 11.1 Å². The Morgan fingerprint density at radius 3 is 1.21 bits per heavy atom. The smallest absolute Gasteiger partial charge is 0.407 e. The summed E-state index contributed by atoms with van der Waals surface area (Å²) in [4.78, 5) is 12.3. The molecule has 1 aliphatic carbocycles. The number of piperidine rings is 1. The Morgan fingerprint density at radius 2 is 0.820 bits per heavy atom. The Labute approximate surface area is 362 Å². The van der Waals surface area contributed by atoms with Gasteiger partial charge >= 0.3 is 6.09 Å². The lowest BCUT2D eigenvalue weighted by Gasteiger charge is -2.22. The Bertz CT molecular complexity index is 1310. The zero-order chi connectivity index (χ0) is 42.5. The van der Waals surface area contributed by atoms with E-state index in [1.54, 1.807) is 0 Å². The molecule has 1 fully saturated rings. The maximum absolute atomic E-state index is 12.3. The fraction of sp³-hybridized carbons (Fsp3) is 0.711. The van der Waals surface area contributed by atoms with E-state index in [0.717, 1.165) is 25.9 Å². The number of carbonyl (C=O) groups is 1. The number of alkyl carbamates (subject to hydrolysis) is 1. The van der Waals surface area contributed by atoms with Gasteiger partial charge in [0.25, 0.3) is 0 Å². The van der Waals surface area contributed by atoms with Crippen molar-refractivity contribution in [1.82, 2.24) is 10.6 Å². The van der Waals surface area contributed by atoms with Crippen LogP contribution in [-0.4, -0.2) is 190 Å². The Hall–Kier alpha value is -2.81. The molecule has 4 rings (SSSR count). The normalized spacial score (nSPS) is 14.0. The molecule has 0 aromatic heterocycles. The molecule has 0 atom stereocenters. The molecule has 1 saturated heterocycles. The molecule has 1 heterocycles. The van der Waals surface area contributed by atoms with E-state index >= 15 is 0 Å². The van der Waals surface area contributed by atoms with Gasteiger partial charge in [-0.1, -0.05) is 48.5 Å². The summed E-state index contributed by atoms with van der Waals surface area (Å²) in [5, 5.41) is 6.14. The summed E-state index contributed by atoms with van der Waals surface area (Å²) in [6.45, 7) is 14.7. The third-order valence-electron chi connectivity index (χ3n) is 9.67. The lowest BCUT2D eigenvalue weighted by molar-refractivity contribution is -0.0326. The van der Waals surface area contributed by atoms with Crippen molar-refractivity contribution in [1.29, 1.82) is 0 Å². The highest BCUT2D eigenvalue weighted by atomic mass is 16.6. The average molecular weight is 865 g/mol. The van der Waals surface area contributed by atoms with Crippen molar-refractivity contribution < 1.29 is 66.4 Å². The van der Waals surface area contributed by atoms with Crippen LogP contribution in [0.15, 0.2) is 48.5 Å². The molecule has 16 nitrogen and oxygen atoms in total. The standard InChI is InChI=1S/C45H72N2O14/c48-45(61-38-44-42-8-3-1-6-40(42)41-7-2-4-9-43(41)44)47-12-5-15-49-16-17-50-18-19-51-20-21-52-22-23-53-24-25-54-26-27-55-28-29-56-30-31-57-32-33-58-34-35-59-36-37-60-39-10-13-46-14-11-39/h1-4,6-9,39,44,46H,5,10-38H2,(H,47,48). The monoisotopic (exact) mass is 864 g/mol. The first kappa shape index (κ1) is 50.8. The fourth-order valence-electron chi connectivity index (χ4n) is 6.55. The van der Waals surface area contributed by atoms with Gasteiger partial charge in [0.05, 0.1) is 151 Å². The largest absolute Gasteiger partial charge is 0.449 e. The summed E-state index contributed by atoms with van der Waals surface area (Å²) in [6.07, 6.45) is 2.79. The van der Waals surface area contributed by atoms with Gasteiger partial charge in [-0.2, -0.15) is 0 Å². The number of nitrogens with one attached hydrogen (secondary N) is 2. The van der Waals surface area contributed by atoms with Crippen LogP contribution in [0.1, 0.15) is 36.3 Å². The van der Waals surface area contributed by atoms with E-state index in [1.165, 1.54) is 22.3 Å². The number of hydrogen-bond donors (Lipinski definition) is 2. The van der Waals surface area contributed by atoms with Crippen molar-refractivity contribution in [3.8, 4) is 11.1 Å². The van der Waals surface area contributed by atoms with Gasteiger partial charge in [0.2, 0.25) is 0 Å². The number of fused-ring (bicyclic) bond motifs is 3. The Kier molecular flexibility index (Phi) is 29.7. The Balaban J connectivity index is 0.757. The van der Waals surface area contributed by atoms with Crippen LogP contribution in [0.2, 0.25) is 0 Å². The molecule has 0 spiro atoms. The summed E-state index contributed by atoms with van der Waals surface area (Å²) in [5.41, 5.74) is 4.81. The highest BCUT2D eigenvalue weighted by molar-refractivity contribution is 5.79. The first-order valence-corrected chi connectivity index (χ1v) is 22.1. The second kappa shape index (κ2) is 35.6. The molecule has 346 valence electrons. The number of ether oxygens (including phenoxy) is 13. The van der Waals surface area contributed by atoms with Gasteiger partial charge in [0.1, 0.15) is 6.61 Å². The molecule has 0 radical (unpaired) electrons. The summed E-state index contributed by atoms with van der Waals surface area (Å²) in [5.74, 6) is 0.0482. The quantitative estimate of drug-likeness (QED) is 0.0930. The molecule has 0 bridgehead atoms. The maximum Gasteiger partial charge on any atom is 0.407 e. The second-order valence-corrected chi connectivity index (χ2v) is 14.2. The lowest BCUT2D eigenvalue weighted by atomic mass is 9.98. The van der Waals surface area contributed by atoms with E-state index in [9.17, 15) is 4.79 Å². The zero-order valence-corrected chi connectivity index (χ0v) is 36.2. The van der Waals surface area contributed by atoms with Crippen LogP contribution in [0.5, 0.6) is 0 Å².